The molecule has 4 heteroatoms. The van der Waals surface area contributed by atoms with E-state index < -0.39 is 0 Å². The molecule has 106 valence electrons. The Morgan fingerprint density at radius 1 is 1.29 bits per heavy atom. The summed E-state index contributed by atoms with van der Waals surface area (Å²) in [6, 6.07) is 5.21. The number of hydrogen-bond donors (Lipinski definition) is 0. The molecular formula is C17H13BrFNO. The van der Waals surface area contributed by atoms with Crippen LogP contribution in [0, 0.1) is 5.82 Å². The molecule has 0 radical (unpaired) electrons. The van der Waals surface area contributed by atoms with Crippen LogP contribution in [0.25, 0.3) is 0 Å². The van der Waals surface area contributed by atoms with E-state index in [1.807, 2.05) is 12.1 Å². The molecule has 1 atom stereocenters. The van der Waals surface area contributed by atoms with Crippen LogP contribution in [0.5, 0.6) is 0 Å². The van der Waals surface area contributed by atoms with Crippen LogP contribution in [0.15, 0.2) is 56.3 Å². The molecule has 0 unspecified atom stereocenters. The first-order chi connectivity index (χ1) is 10.2. The molecule has 2 heterocycles. The largest absolute Gasteiger partial charge is 0.470 e. The van der Waals surface area contributed by atoms with Crippen LogP contribution in [-0.2, 0) is 0 Å². The first kappa shape index (κ1) is 13.0. The highest BCUT2D eigenvalue weighted by molar-refractivity contribution is 9.10. The van der Waals surface area contributed by atoms with Crippen molar-refractivity contribution in [3.8, 4) is 0 Å². The minimum absolute atomic E-state index is 0.0865. The Balaban J connectivity index is 1.91. The zero-order valence-corrected chi connectivity index (χ0v) is 12.9. The Hall–Kier alpha value is -1.68. The zero-order valence-electron chi connectivity index (χ0n) is 11.3. The van der Waals surface area contributed by atoms with Gasteiger partial charge < -0.3 is 4.42 Å². The molecule has 0 saturated heterocycles. The number of halogens is 2. The number of rotatable bonds is 1. The van der Waals surface area contributed by atoms with Crippen molar-refractivity contribution in [2.24, 2.45) is 4.99 Å². The predicted octanol–water partition coefficient (Wildman–Crippen LogP) is 5.51. The lowest BCUT2D eigenvalue weighted by atomic mass is 9.78. The van der Waals surface area contributed by atoms with E-state index in [1.165, 1.54) is 11.6 Å². The molecule has 21 heavy (non-hydrogen) atoms. The number of benzene rings is 1. The van der Waals surface area contributed by atoms with Crippen LogP contribution in [0.2, 0.25) is 0 Å². The summed E-state index contributed by atoms with van der Waals surface area (Å²) in [4.78, 5) is 4.71. The maximum absolute atomic E-state index is 13.5. The van der Waals surface area contributed by atoms with Gasteiger partial charge in [-0.05, 0) is 58.5 Å². The number of furan rings is 1. The number of nitrogens with zero attached hydrogens (tertiary/aromatic N) is 1. The second-order valence-electron chi connectivity index (χ2n) is 5.43. The molecule has 0 fully saturated rings. The Labute approximate surface area is 130 Å². The summed E-state index contributed by atoms with van der Waals surface area (Å²) in [6.45, 7) is 0. The van der Waals surface area contributed by atoms with Crippen LogP contribution >= 0.6 is 15.9 Å². The third kappa shape index (κ3) is 2.09. The maximum atomic E-state index is 13.5. The van der Waals surface area contributed by atoms with Gasteiger partial charge in [-0.2, -0.15) is 0 Å². The van der Waals surface area contributed by atoms with Crippen LogP contribution in [0.4, 0.5) is 10.1 Å². The fourth-order valence-electron chi connectivity index (χ4n) is 3.17. The molecule has 4 rings (SSSR count). The molecule has 2 nitrogen and oxygen atoms in total. The SMILES string of the molecule is Fc1ccc([C@H]2C3=CCCCC3=Nc3cocc32)cc1Br. The summed E-state index contributed by atoms with van der Waals surface area (Å²) >= 11 is 3.28. The van der Waals surface area contributed by atoms with Crippen molar-refractivity contribution in [1.82, 2.24) is 0 Å². The van der Waals surface area contributed by atoms with Crippen molar-refractivity contribution in [3.63, 3.8) is 0 Å². The van der Waals surface area contributed by atoms with Crippen LogP contribution < -0.4 is 0 Å². The molecule has 0 amide bonds. The summed E-state index contributed by atoms with van der Waals surface area (Å²) < 4.78 is 19.4. The lowest BCUT2D eigenvalue weighted by Crippen LogP contribution is -2.19. The molecule has 0 bridgehead atoms. The van der Waals surface area contributed by atoms with Gasteiger partial charge in [-0.25, -0.2) is 9.38 Å². The van der Waals surface area contributed by atoms with Gasteiger partial charge in [0.05, 0.1) is 10.7 Å². The summed E-state index contributed by atoms with van der Waals surface area (Å²) in [6.07, 6.45) is 8.91. The average molecular weight is 346 g/mol. The third-order valence-corrected chi connectivity index (χ3v) is 4.75. The Kier molecular flexibility index (Phi) is 3.07. The molecule has 0 N–H and O–H groups in total. The van der Waals surface area contributed by atoms with E-state index in [-0.39, 0.29) is 11.7 Å². The summed E-state index contributed by atoms with van der Waals surface area (Å²) in [5.74, 6) is -0.156. The first-order valence-corrected chi connectivity index (χ1v) is 7.82. The van der Waals surface area contributed by atoms with E-state index in [1.54, 1.807) is 12.5 Å². The molecule has 0 saturated carbocycles. The third-order valence-electron chi connectivity index (χ3n) is 4.14. The van der Waals surface area contributed by atoms with Crippen molar-refractivity contribution in [2.45, 2.75) is 25.2 Å². The van der Waals surface area contributed by atoms with Gasteiger partial charge >= 0.3 is 0 Å². The predicted molar refractivity (Wildman–Crippen MR) is 83.7 cm³/mol. The summed E-state index contributed by atoms with van der Waals surface area (Å²) in [5.41, 5.74) is 5.40. The molecule has 2 aliphatic rings. The smallest absolute Gasteiger partial charge is 0.137 e. The van der Waals surface area contributed by atoms with Crippen molar-refractivity contribution >= 4 is 27.3 Å². The highest BCUT2D eigenvalue weighted by Crippen LogP contribution is 2.45. The van der Waals surface area contributed by atoms with Gasteiger partial charge in [0.15, 0.2) is 0 Å². The lowest BCUT2D eigenvalue weighted by molar-refractivity contribution is 0.564. The normalized spacial score (nSPS) is 20.4. The minimum atomic E-state index is -0.242. The highest BCUT2D eigenvalue weighted by Gasteiger charge is 2.31. The highest BCUT2D eigenvalue weighted by atomic mass is 79.9. The summed E-state index contributed by atoms with van der Waals surface area (Å²) in [7, 11) is 0. The molecule has 0 spiro atoms. The van der Waals surface area contributed by atoms with Gasteiger partial charge in [0.2, 0.25) is 0 Å². The Bertz CT molecular complexity index is 775. The monoisotopic (exact) mass is 345 g/mol. The molecule has 2 aromatic rings. The molecular weight excluding hydrogens is 333 g/mol. The Morgan fingerprint density at radius 2 is 2.19 bits per heavy atom. The second-order valence-corrected chi connectivity index (χ2v) is 6.28. The quantitative estimate of drug-likeness (QED) is 0.668. The standard InChI is InChI=1S/C17H13BrFNO/c18-13-7-10(5-6-14(13)19)17-11-3-1-2-4-15(11)20-16-9-21-8-12(16)17/h3,5-9,17H,1-2,4H2/t17-/m0/s1. The fourth-order valence-corrected chi connectivity index (χ4v) is 3.56. The van der Waals surface area contributed by atoms with Crippen molar-refractivity contribution in [1.29, 1.82) is 0 Å². The number of fused-ring (bicyclic) bond motifs is 2. The number of allylic oxidation sites excluding steroid dienone is 2. The lowest BCUT2D eigenvalue weighted by Gasteiger charge is -2.28. The molecule has 1 aromatic carbocycles. The average Bonchev–Trinajstić information content (AvgIpc) is 2.95. The Morgan fingerprint density at radius 3 is 3.05 bits per heavy atom. The van der Waals surface area contributed by atoms with Gasteiger partial charge in [0.25, 0.3) is 0 Å². The van der Waals surface area contributed by atoms with E-state index in [0.29, 0.717) is 4.47 Å². The van der Waals surface area contributed by atoms with Gasteiger partial charge in [0, 0.05) is 17.2 Å². The van der Waals surface area contributed by atoms with Crippen LogP contribution in [0.1, 0.15) is 36.3 Å². The van der Waals surface area contributed by atoms with E-state index in [0.717, 1.165) is 41.8 Å². The topological polar surface area (TPSA) is 25.5 Å². The first-order valence-electron chi connectivity index (χ1n) is 7.03. The minimum Gasteiger partial charge on any atom is -0.470 e. The zero-order chi connectivity index (χ0) is 14.4. The molecule has 1 aliphatic heterocycles. The van der Waals surface area contributed by atoms with Gasteiger partial charge in [-0.15, -0.1) is 0 Å². The number of hydrogen-bond acceptors (Lipinski definition) is 2. The maximum Gasteiger partial charge on any atom is 0.137 e. The van der Waals surface area contributed by atoms with Crippen LogP contribution in [-0.4, -0.2) is 5.71 Å². The van der Waals surface area contributed by atoms with Crippen molar-refractivity contribution < 1.29 is 8.81 Å². The summed E-state index contributed by atoms with van der Waals surface area (Å²) in [5, 5.41) is 0. The van der Waals surface area contributed by atoms with Crippen molar-refractivity contribution in [2.75, 3.05) is 0 Å². The van der Waals surface area contributed by atoms with Gasteiger partial charge in [0.1, 0.15) is 17.8 Å². The molecule has 1 aliphatic carbocycles. The number of aliphatic imine (C=N–C) groups is 1. The van der Waals surface area contributed by atoms with Crippen molar-refractivity contribution in [3.05, 3.63) is 63.8 Å². The second kappa shape index (κ2) is 4.95. The van der Waals surface area contributed by atoms with E-state index >= 15 is 0 Å². The van der Waals surface area contributed by atoms with E-state index in [9.17, 15) is 4.39 Å². The van der Waals surface area contributed by atoms with Gasteiger partial charge in [-0.1, -0.05) is 12.1 Å². The fraction of sp³-hybridized carbons (Fsp3) is 0.235. The van der Waals surface area contributed by atoms with E-state index in [4.69, 9.17) is 9.41 Å². The van der Waals surface area contributed by atoms with Gasteiger partial charge in [-0.3, -0.25) is 0 Å². The molecule has 1 aromatic heterocycles. The van der Waals surface area contributed by atoms with Crippen LogP contribution in [0.3, 0.4) is 0 Å². The van der Waals surface area contributed by atoms with E-state index in [2.05, 4.69) is 22.0 Å².